The lowest BCUT2D eigenvalue weighted by atomic mass is 10.1. The monoisotopic (exact) mass is 237 g/mol. The number of carboxylic acids is 1. The van der Waals surface area contributed by atoms with E-state index in [1.165, 1.54) is 0 Å². The molecule has 0 fully saturated rings. The molecular weight excluding hydrogens is 218 g/mol. The fraction of sp³-hybridized carbons (Fsp3) is 0.462. The predicted molar refractivity (Wildman–Crippen MR) is 65.7 cm³/mol. The molecule has 0 saturated carbocycles. The van der Waals surface area contributed by atoms with Gasteiger partial charge in [-0.3, -0.25) is 4.79 Å². The first kappa shape index (κ1) is 13.7. The third-order valence-electron chi connectivity index (χ3n) is 2.54. The Kier molecular flexibility index (Phi) is 5.66. The van der Waals surface area contributed by atoms with Gasteiger partial charge in [0.1, 0.15) is 0 Å². The zero-order valence-electron chi connectivity index (χ0n) is 10.3. The van der Waals surface area contributed by atoms with E-state index >= 15 is 0 Å². The van der Waals surface area contributed by atoms with E-state index < -0.39 is 5.97 Å². The van der Waals surface area contributed by atoms with Gasteiger partial charge in [-0.1, -0.05) is 24.3 Å². The molecular formula is C13H19NO3. The molecule has 0 spiro atoms. The summed E-state index contributed by atoms with van der Waals surface area (Å²) in [4.78, 5) is 10.5. The summed E-state index contributed by atoms with van der Waals surface area (Å²) in [5.41, 5.74) is 2.27. The van der Waals surface area contributed by atoms with E-state index in [4.69, 9.17) is 9.84 Å². The van der Waals surface area contributed by atoms with E-state index in [-0.39, 0.29) is 12.5 Å². The number of carboxylic acid groups (broad SMARTS) is 1. The molecule has 1 rings (SSSR count). The molecule has 0 aliphatic rings. The second-order valence-electron chi connectivity index (χ2n) is 4.08. The quantitative estimate of drug-likeness (QED) is 0.759. The van der Waals surface area contributed by atoms with E-state index in [0.29, 0.717) is 13.2 Å². The molecule has 0 aromatic heterocycles. The number of methoxy groups -OCH3 is 1. The highest BCUT2D eigenvalue weighted by molar-refractivity contribution is 5.67. The van der Waals surface area contributed by atoms with Gasteiger partial charge in [-0.25, -0.2) is 0 Å². The number of hydrogen-bond donors (Lipinski definition) is 2. The van der Waals surface area contributed by atoms with Crippen molar-refractivity contribution >= 4 is 5.97 Å². The topological polar surface area (TPSA) is 58.6 Å². The Morgan fingerprint density at radius 1 is 1.41 bits per heavy atom. The molecule has 0 amide bonds. The Morgan fingerprint density at radius 3 is 2.65 bits per heavy atom. The SMILES string of the molecule is COCc1ccccc1CNC(C)CC(=O)O. The highest BCUT2D eigenvalue weighted by atomic mass is 16.5. The summed E-state index contributed by atoms with van der Waals surface area (Å²) < 4.78 is 5.12. The van der Waals surface area contributed by atoms with Crippen LogP contribution in [-0.4, -0.2) is 24.2 Å². The molecule has 0 radical (unpaired) electrons. The van der Waals surface area contributed by atoms with Crippen LogP contribution in [0.4, 0.5) is 0 Å². The number of carbonyl (C=O) groups is 1. The lowest BCUT2D eigenvalue weighted by Crippen LogP contribution is -2.28. The first-order chi connectivity index (χ1) is 8.13. The van der Waals surface area contributed by atoms with Gasteiger partial charge in [-0.2, -0.15) is 0 Å². The number of ether oxygens (including phenoxy) is 1. The molecule has 17 heavy (non-hydrogen) atoms. The molecule has 2 N–H and O–H groups in total. The zero-order valence-corrected chi connectivity index (χ0v) is 10.3. The molecule has 4 nitrogen and oxygen atoms in total. The molecule has 1 aromatic rings. The van der Waals surface area contributed by atoms with Gasteiger partial charge >= 0.3 is 5.97 Å². The van der Waals surface area contributed by atoms with Gasteiger partial charge in [0, 0.05) is 19.7 Å². The second kappa shape index (κ2) is 7.04. The standard InChI is InChI=1S/C13H19NO3/c1-10(7-13(15)16)14-8-11-5-3-4-6-12(11)9-17-2/h3-6,10,14H,7-9H2,1-2H3,(H,15,16). The van der Waals surface area contributed by atoms with Crippen molar-refractivity contribution in [1.29, 1.82) is 0 Å². The van der Waals surface area contributed by atoms with Crippen molar-refractivity contribution < 1.29 is 14.6 Å². The maximum Gasteiger partial charge on any atom is 0.304 e. The van der Waals surface area contributed by atoms with Crippen molar-refractivity contribution in [2.24, 2.45) is 0 Å². The van der Waals surface area contributed by atoms with Gasteiger partial charge in [0.15, 0.2) is 0 Å². The smallest absolute Gasteiger partial charge is 0.304 e. The van der Waals surface area contributed by atoms with Crippen LogP contribution in [0.1, 0.15) is 24.5 Å². The van der Waals surface area contributed by atoms with E-state index in [0.717, 1.165) is 11.1 Å². The average molecular weight is 237 g/mol. The van der Waals surface area contributed by atoms with Gasteiger partial charge in [0.2, 0.25) is 0 Å². The van der Waals surface area contributed by atoms with Crippen molar-refractivity contribution in [3.8, 4) is 0 Å². The van der Waals surface area contributed by atoms with E-state index in [1.807, 2.05) is 31.2 Å². The van der Waals surface area contributed by atoms with Crippen LogP contribution in [0.15, 0.2) is 24.3 Å². The van der Waals surface area contributed by atoms with Gasteiger partial charge in [-0.05, 0) is 18.1 Å². The maximum absolute atomic E-state index is 10.5. The Bertz CT molecular complexity index is 365. The molecule has 1 atom stereocenters. The molecule has 0 heterocycles. The number of rotatable bonds is 7. The summed E-state index contributed by atoms with van der Waals surface area (Å²) in [5.74, 6) is -0.782. The minimum Gasteiger partial charge on any atom is -0.481 e. The van der Waals surface area contributed by atoms with Gasteiger partial charge in [0.25, 0.3) is 0 Å². The number of aliphatic carboxylic acids is 1. The van der Waals surface area contributed by atoms with E-state index in [1.54, 1.807) is 7.11 Å². The third kappa shape index (κ3) is 4.97. The van der Waals surface area contributed by atoms with Crippen LogP contribution in [0.2, 0.25) is 0 Å². The third-order valence-corrected chi connectivity index (χ3v) is 2.54. The van der Waals surface area contributed by atoms with E-state index in [2.05, 4.69) is 5.32 Å². The zero-order chi connectivity index (χ0) is 12.7. The van der Waals surface area contributed by atoms with Gasteiger partial charge in [0.05, 0.1) is 13.0 Å². The molecule has 0 bridgehead atoms. The largest absolute Gasteiger partial charge is 0.481 e. The van der Waals surface area contributed by atoms with Crippen LogP contribution in [0.3, 0.4) is 0 Å². The van der Waals surface area contributed by atoms with Gasteiger partial charge in [-0.15, -0.1) is 0 Å². The fourth-order valence-corrected chi connectivity index (χ4v) is 1.64. The van der Waals surface area contributed by atoms with Crippen LogP contribution in [0, 0.1) is 0 Å². The summed E-state index contributed by atoms with van der Waals surface area (Å²) in [6.45, 7) is 3.10. The highest BCUT2D eigenvalue weighted by Crippen LogP contribution is 2.10. The molecule has 0 aliphatic heterocycles. The Balaban J connectivity index is 2.53. The van der Waals surface area contributed by atoms with E-state index in [9.17, 15) is 4.79 Å². The van der Waals surface area contributed by atoms with Crippen molar-refractivity contribution in [3.63, 3.8) is 0 Å². The maximum atomic E-state index is 10.5. The van der Waals surface area contributed by atoms with Crippen LogP contribution in [-0.2, 0) is 22.7 Å². The normalized spacial score (nSPS) is 12.4. The lowest BCUT2D eigenvalue weighted by Gasteiger charge is -2.14. The minimum atomic E-state index is -0.782. The van der Waals surface area contributed by atoms with Crippen LogP contribution >= 0.6 is 0 Å². The van der Waals surface area contributed by atoms with Crippen LogP contribution < -0.4 is 5.32 Å². The van der Waals surface area contributed by atoms with Gasteiger partial charge < -0.3 is 15.2 Å². The Labute approximate surface area is 102 Å². The summed E-state index contributed by atoms with van der Waals surface area (Å²) in [6.07, 6.45) is 0.131. The molecule has 1 aromatic carbocycles. The van der Waals surface area contributed by atoms with Crippen molar-refractivity contribution in [2.75, 3.05) is 7.11 Å². The number of hydrogen-bond acceptors (Lipinski definition) is 3. The second-order valence-corrected chi connectivity index (χ2v) is 4.08. The summed E-state index contributed by atoms with van der Waals surface area (Å²) in [5, 5.41) is 11.9. The van der Waals surface area contributed by atoms with Crippen molar-refractivity contribution in [3.05, 3.63) is 35.4 Å². The molecule has 0 saturated heterocycles. The average Bonchev–Trinajstić information content (AvgIpc) is 2.27. The van der Waals surface area contributed by atoms with Crippen molar-refractivity contribution in [1.82, 2.24) is 5.32 Å². The minimum absolute atomic E-state index is 0.0388. The lowest BCUT2D eigenvalue weighted by molar-refractivity contribution is -0.137. The Hall–Kier alpha value is -1.39. The number of nitrogens with one attached hydrogen (secondary N) is 1. The predicted octanol–water partition coefficient (Wildman–Crippen LogP) is 1.79. The Morgan fingerprint density at radius 2 is 2.06 bits per heavy atom. The molecule has 94 valence electrons. The first-order valence-electron chi connectivity index (χ1n) is 5.64. The van der Waals surface area contributed by atoms with Crippen LogP contribution in [0.5, 0.6) is 0 Å². The first-order valence-corrected chi connectivity index (χ1v) is 5.64. The number of benzene rings is 1. The summed E-state index contributed by atoms with van der Waals surface area (Å²) in [7, 11) is 1.66. The summed E-state index contributed by atoms with van der Waals surface area (Å²) in [6, 6.07) is 7.94. The molecule has 1 unspecified atom stereocenters. The fourth-order valence-electron chi connectivity index (χ4n) is 1.64. The molecule has 4 heteroatoms. The highest BCUT2D eigenvalue weighted by Gasteiger charge is 2.08. The van der Waals surface area contributed by atoms with Crippen LogP contribution in [0.25, 0.3) is 0 Å². The summed E-state index contributed by atoms with van der Waals surface area (Å²) >= 11 is 0. The molecule has 0 aliphatic carbocycles. The van der Waals surface area contributed by atoms with Crippen molar-refractivity contribution in [2.45, 2.75) is 32.5 Å².